The maximum Gasteiger partial charge on any atom is 0.393 e. The average Bonchev–Trinajstić information content (AvgIpc) is 2.86. The number of aromatic nitrogens is 1. The van der Waals surface area contributed by atoms with Gasteiger partial charge in [-0.2, -0.15) is 4.98 Å². The Labute approximate surface area is 83.4 Å². The van der Waals surface area contributed by atoms with Crippen molar-refractivity contribution in [1.29, 1.82) is 0 Å². The maximum absolute atomic E-state index is 5.44. The fourth-order valence-corrected chi connectivity index (χ4v) is 1.81. The van der Waals surface area contributed by atoms with Gasteiger partial charge < -0.3 is 14.9 Å². The van der Waals surface area contributed by atoms with Crippen molar-refractivity contribution < 1.29 is 9.15 Å². The molecule has 14 heavy (non-hydrogen) atoms. The van der Waals surface area contributed by atoms with E-state index in [1.165, 1.54) is 25.7 Å². The van der Waals surface area contributed by atoms with E-state index in [-0.39, 0.29) is 0 Å². The Kier molecular flexibility index (Phi) is 3.03. The molecule has 2 N–H and O–H groups in total. The Morgan fingerprint density at radius 2 is 2.29 bits per heavy atom. The summed E-state index contributed by atoms with van der Waals surface area (Å²) in [6.45, 7) is 1.13. The summed E-state index contributed by atoms with van der Waals surface area (Å²) in [5.41, 5.74) is 6.15. The molecule has 1 heterocycles. The SMILES string of the molecule is NCc1coc(OCC2CCCC2)n1. The Morgan fingerprint density at radius 3 is 2.93 bits per heavy atom. The van der Waals surface area contributed by atoms with Gasteiger partial charge in [-0.1, -0.05) is 12.8 Å². The minimum atomic E-state index is 0.359. The smallest absolute Gasteiger partial charge is 0.393 e. The van der Waals surface area contributed by atoms with Crippen LogP contribution in [0.1, 0.15) is 31.4 Å². The summed E-state index contributed by atoms with van der Waals surface area (Å²) in [5, 5.41) is 0. The number of hydrogen-bond acceptors (Lipinski definition) is 4. The van der Waals surface area contributed by atoms with Gasteiger partial charge in [0.05, 0.1) is 12.3 Å². The molecule has 0 atom stereocenters. The number of oxazole rings is 1. The van der Waals surface area contributed by atoms with E-state index in [1.54, 1.807) is 6.26 Å². The summed E-state index contributed by atoms with van der Waals surface area (Å²) in [4.78, 5) is 4.08. The number of ether oxygens (including phenoxy) is 1. The molecule has 0 bridgehead atoms. The first-order valence-corrected chi connectivity index (χ1v) is 5.16. The van der Waals surface area contributed by atoms with E-state index in [4.69, 9.17) is 14.9 Å². The molecule has 4 nitrogen and oxygen atoms in total. The second-order valence-electron chi connectivity index (χ2n) is 3.77. The van der Waals surface area contributed by atoms with Gasteiger partial charge in [0, 0.05) is 6.54 Å². The molecule has 0 spiro atoms. The van der Waals surface area contributed by atoms with Crippen LogP contribution in [0.4, 0.5) is 0 Å². The van der Waals surface area contributed by atoms with Crippen molar-refractivity contribution in [3.63, 3.8) is 0 Å². The molecule has 4 heteroatoms. The lowest BCUT2D eigenvalue weighted by molar-refractivity contribution is 0.190. The Hall–Kier alpha value is -1.03. The van der Waals surface area contributed by atoms with Crippen LogP contribution in [-0.2, 0) is 6.54 Å². The summed E-state index contributed by atoms with van der Waals surface area (Å²) in [6.07, 6.45) is 7.09. The minimum Gasteiger partial charge on any atom is -0.450 e. The monoisotopic (exact) mass is 196 g/mol. The molecule has 1 aliphatic carbocycles. The Bertz CT molecular complexity index is 279. The van der Waals surface area contributed by atoms with Gasteiger partial charge in [0.1, 0.15) is 6.26 Å². The quantitative estimate of drug-likeness (QED) is 0.796. The van der Waals surface area contributed by atoms with Crippen LogP contribution >= 0.6 is 0 Å². The summed E-state index contributed by atoms with van der Waals surface area (Å²) >= 11 is 0. The van der Waals surface area contributed by atoms with Gasteiger partial charge in [-0.3, -0.25) is 0 Å². The fourth-order valence-electron chi connectivity index (χ4n) is 1.81. The van der Waals surface area contributed by atoms with Crippen LogP contribution < -0.4 is 10.5 Å². The molecule has 1 fully saturated rings. The van der Waals surface area contributed by atoms with Crippen LogP contribution in [0, 0.1) is 5.92 Å². The molecular weight excluding hydrogens is 180 g/mol. The lowest BCUT2D eigenvalue weighted by atomic mass is 10.1. The van der Waals surface area contributed by atoms with Crippen LogP contribution in [0.15, 0.2) is 10.7 Å². The molecule has 1 aromatic rings. The second-order valence-corrected chi connectivity index (χ2v) is 3.77. The normalized spacial score (nSPS) is 17.5. The molecule has 0 unspecified atom stereocenters. The third-order valence-electron chi connectivity index (χ3n) is 2.66. The van der Waals surface area contributed by atoms with Crippen molar-refractivity contribution in [1.82, 2.24) is 4.98 Å². The molecule has 1 saturated carbocycles. The van der Waals surface area contributed by atoms with E-state index >= 15 is 0 Å². The van der Waals surface area contributed by atoms with Crippen LogP contribution in [0.2, 0.25) is 0 Å². The lowest BCUT2D eigenvalue weighted by Crippen LogP contribution is -2.08. The highest BCUT2D eigenvalue weighted by molar-refractivity contribution is 4.98. The minimum absolute atomic E-state index is 0.359. The van der Waals surface area contributed by atoms with Gasteiger partial charge >= 0.3 is 6.08 Å². The zero-order valence-corrected chi connectivity index (χ0v) is 8.24. The predicted molar refractivity (Wildman–Crippen MR) is 51.8 cm³/mol. The number of nitrogens with zero attached hydrogens (tertiary/aromatic N) is 1. The molecule has 2 rings (SSSR count). The summed E-state index contributed by atoms with van der Waals surface area (Å²) < 4.78 is 10.5. The highest BCUT2D eigenvalue weighted by Gasteiger charge is 2.16. The van der Waals surface area contributed by atoms with Gasteiger partial charge in [0.2, 0.25) is 0 Å². The van der Waals surface area contributed by atoms with Gasteiger partial charge in [0.15, 0.2) is 0 Å². The number of rotatable bonds is 4. The van der Waals surface area contributed by atoms with Crippen LogP contribution in [-0.4, -0.2) is 11.6 Å². The van der Waals surface area contributed by atoms with E-state index in [9.17, 15) is 0 Å². The van der Waals surface area contributed by atoms with Crippen molar-refractivity contribution in [2.45, 2.75) is 32.2 Å². The van der Waals surface area contributed by atoms with E-state index in [0.29, 0.717) is 18.5 Å². The van der Waals surface area contributed by atoms with Gasteiger partial charge in [-0.05, 0) is 18.8 Å². The predicted octanol–water partition coefficient (Wildman–Crippen LogP) is 1.70. The molecule has 1 aliphatic rings. The van der Waals surface area contributed by atoms with Crippen molar-refractivity contribution >= 4 is 0 Å². The molecule has 1 aromatic heterocycles. The van der Waals surface area contributed by atoms with Gasteiger partial charge in [-0.25, -0.2) is 0 Å². The van der Waals surface area contributed by atoms with Crippen LogP contribution in [0.25, 0.3) is 0 Å². The summed E-state index contributed by atoms with van der Waals surface area (Å²) in [6, 6.07) is 0. The average molecular weight is 196 g/mol. The van der Waals surface area contributed by atoms with Crippen molar-refractivity contribution in [2.24, 2.45) is 11.7 Å². The lowest BCUT2D eigenvalue weighted by Gasteiger charge is -2.07. The standard InChI is InChI=1S/C10H16N2O2/c11-5-9-7-14-10(12-9)13-6-8-3-1-2-4-8/h7-8H,1-6,11H2. The van der Waals surface area contributed by atoms with Crippen molar-refractivity contribution in [2.75, 3.05) is 6.61 Å². The summed E-state index contributed by atoms with van der Waals surface area (Å²) in [7, 11) is 0. The fraction of sp³-hybridized carbons (Fsp3) is 0.700. The van der Waals surface area contributed by atoms with E-state index in [0.717, 1.165) is 12.3 Å². The van der Waals surface area contributed by atoms with Crippen LogP contribution in [0.3, 0.4) is 0 Å². The second kappa shape index (κ2) is 4.46. The van der Waals surface area contributed by atoms with Gasteiger partial charge in [0.25, 0.3) is 0 Å². The zero-order valence-electron chi connectivity index (χ0n) is 8.24. The third kappa shape index (κ3) is 2.26. The summed E-state index contributed by atoms with van der Waals surface area (Å²) in [5.74, 6) is 0.684. The molecule has 0 aliphatic heterocycles. The van der Waals surface area contributed by atoms with Crippen molar-refractivity contribution in [3.05, 3.63) is 12.0 Å². The largest absolute Gasteiger partial charge is 0.450 e. The number of hydrogen-bond donors (Lipinski definition) is 1. The highest BCUT2D eigenvalue weighted by atomic mass is 16.6. The van der Waals surface area contributed by atoms with Crippen molar-refractivity contribution in [3.8, 4) is 6.08 Å². The molecular formula is C10H16N2O2. The van der Waals surface area contributed by atoms with E-state index in [2.05, 4.69) is 4.98 Å². The number of nitrogens with two attached hydrogens (primary N) is 1. The van der Waals surface area contributed by atoms with Gasteiger partial charge in [-0.15, -0.1) is 0 Å². The van der Waals surface area contributed by atoms with Crippen LogP contribution in [0.5, 0.6) is 6.08 Å². The first-order valence-electron chi connectivity index (χ1n) is 5.16. The molecule has 0 amide bonds. The highest BCUT2D eigenvalue weighted by Crippen LogP contribution is 2.25. The molecule has 0 aromatic carbocycles. The Morgan fingerprint density at radius 1 is 1.50 bits per heavy atom. The third-order valence-corrected chi connectivity index (χ3v) is 2.66. The maximum atomic E-state index is 5.44. The Balaban J connectivity index is 1.79. The molecule has 0 saturated heterocycles. The topological polar surface area (TPSA) is 61.3 Å². The first-order chi connectivity index (χ1) is 6.88. The molecule has 78 valence electrons. The first kappa shape index (κ1) is 9.52. The molecule has 0 radical (unpaired) electrons. The zero-order chi connectivity index (χ0) is 9.80. The van der Waals surface area contributed by atoms with E-state index in [1.807, 2.05) is 0 Å². The van der Waals surface area contributed by atoms with E-state index < -0.39 is 0 Å².